The van der Waals surface area contributed by atoms with Gasteiger partial charge in [-0.1, -0.05) is 24.3 Å². The van der Waals surface area contributed by atoms with Crippen molar-refractivity contribution in [2.45, 2.75) is 6.92 Å². The Kier molecular flexibility index (Phi) is 4.34. The van der Waals surface area contributed by atoms with Crippen LogP contribution in [0.4, 0.5) is 0 Å². The number of pyridine rings is 1. The van der Waals surface area contributed by atoms with Crippen molar-refractivity contribution in [3.63, 3.8) is 0 Å². The van der Waals surface area contributed by atoms with Crippen LogP contribution in [0.2, 0.25) is 0 Å². The first-order valence-electron chi connectivity index (χ1n) is 8.52. The van der Waals surface area contributed by atoms with Gasteiger partial charge in [-0.3, -0.25) is 4.79 Å². The quantitative estimate of drug-likeness (QED) is 0.502. The minimum Gasteiger partial charge on any atom is -0.481 e. The van der Waals surface area contributed by atoms with Crippen molar-refractivity contribution in [2.75, 3.05) is 7.11 Å². The number of fused-ring (bicyclic) bond motifs is 1. The molecule has 4 aromatic rings. The molecule has 0 aliphatic carbocycles. The lowest BCUT2D eigenvalue weighted by atomic mass is 9.99. The first kappa shape index (κ1) is 16.8. The Morgan fingerprint density at radius 1 is 0.889 bits per heavy atom. The van der Waals surface area contributed by atoms with Gasteiger partial charge >= 0.3 is 0 Å². The van der Waals surface area contributed by atoms with Crippen LogP contribution in [-0.4, -0.2) is 27.8 Å². The molecule has 0 saturated heterocycles. The van der Waals surface area contributed by atoms with Gasteiger partial charge in [0.25, 0.3) is 0 Å². The van der Waals surface area contributed by atoms with Gasteiger partial charge in [0.15, 0.2) is 5.78 Å². The van der Waals surface area contributed by atoms with Crippen LogP contribution in [0.1, 0.15) is 17.3 Å². The minimum atomic E-state index is 0.0280. The van der Waals surface area contributed by atoms with Gasteiger partial charge in [-0.05, 0) is 36.8 Å². The fourth-order valence-corrected chi connectivity index (χ4v) is 3.02. The molecule has 0 bridgehead atoms. The number of nitrogens with zero attached hydrogens (tertiary/aromatic N) is 3. The number of aromatic nitrogens is 3. The summed E-state index contributed by atoms with van der Waals surface area (Å²) in [6.45, 7) is 1.56. The second kappa shape index (κ2) is 6.96. The second-order valence-corrected chi connectivity index (χ2v) is 6.18. The standard InChI is InChI=1S/C22H17N3O2/c1-14(26)15-4-3-5-17(10-15)22-19-11-16(6-8-20(19)24-13-25-22)18-7-9-21(27-2)23-12-18/h3-13H,1-2H3. The summed E-state index contributed by atoms with van der Waals surface area (Å²) in [5.74, 6) is 0.602. The number of hydrogen-bond donors (Lipinski definition) is 0. The van der Waals surface area contributed by atoms with Crippen LogP contribution in [0, 0.1) is 0 Å². The van der Waals surface area contributed by atoms with Crippen LogP contribution in [0.3, 0.4) is 0 Å². The topological polar surface area (TPSA) is 65.0 Å². The van der Waals surface area contributed by atoms with Crippen LogP contribution in [0.5, 0.6) is 5.88 Å². The summed E-state index contributed by atoms with van der Waals surface area (Å²) in [4.78, 5) is 24.9. The van der Waals surface area contributed by atoms with E-state index in [9.17, 15) is 4.79 Å². The molecule has 0 atom stereocenters. The Hall–Kier alpha value is -3.60. The highest BCUT2D eigenvalue weighted by atomic mass is 16.5. The van der Waals surface area contributed by atoms with Gasteiger partial charge in [0, 0.05) is 34.3 Å². The summed E-state index contributed by atoms with van der Waals surface area (Å²) in [6, 6.07) is 17.3. The number of rotatable bonds is 4. The molecule has 0 aliphatic heterocycles. The van der Waals surface area contributed by atoms with Crippen molar-refractivity contribution in [1.82, 2.24) is 15.0 Å². The maximum atomic E-state index is 11.7. The summed E-state index contributed by atoms with van der Waals surface area (Å²) in [5, 5.41) is 0.923. The van der Waals surface area contributed by atoms with Crippen molar-refractivity contribution in [3.8, 4) is 28.3 Å². The number of ketones is 1. The largest absolute Gasteiger partial charge is 0.481 e. The first-order chi connectivity index (χ1) is 13.2. The zero-order valence-corrected chi connectivity index (χ0v) is 15.0. The number of Topliss-reactive ketones (excluding diaryl/α,β-unsaturated/α-hetero) is 1. The molecular weight excluding hydrogens is 338 g/mol. The average molecular weight is 355 g/mol. The summed E-state index contributed by atoms with van der Waals surface area (Å²) in [6.07, 6.45) is 3.33. The predicted octanol–water partition coefficient (Wildman–Crippen LogP) is 4.57. The van der Waals surface area contributed by atoms with Crippen molar-refractivity contribution in [3.05, 3.63) is 72.7 Å². The van der Waals surface area contributed by atoms with Crippen LogP contribution >= 0.6 is 0 Å². The Labute approximate surface area is 156 Å². The van der Waals surface area contributed by atoms with Crippen molar-refractivity contribution < 1.29 is 9.53 Å². The molecule has 5 nitrogen and oxygen atoms in total. The molecule has 2 heterocycles. The number of carbonyl (C=O) groups excluding carboxylic acids is 1. The van der Waals surface area contributed by atoms with E-state index in [0.717, 1.165) is 33.3 Å². The molecule has 2 aromatic carbocycles. The average Bonchev–Trinajstić information content (AvgIpc) is 2.73. The highest BCUT2D eigenvalue weighted by molar-refractivity contribution is 5.98. The number of methoxy groups -OCH3 is 1. The SMILES string of the molecule is COc1ccc(-c2ccc3ncnc(-c4cccc(C(C)=O)c4)c3c2)cn1. The monoisotopic (exact) mass is 355 g/mol. The van der Waals surface area contributed by atoms with E-state index < -0.39 is 0 Å². The van der Waals surface area contributed by atoms with Gasteiger partial charge in [-0.15, -0.1) is 0 Å². The summed E-state index contributed by atoms with van der Waals surface area (Å²) in [7, 11) is 1.59. The number of benzene rings is 2. The maximum Gasteiger partial charge on any atom is 0.212 e. The van der Waals surface area contributed by atoms with E-state index in [-0.39, 0.29) is 5.78 Å². The number of hydrogen-bond acceptors (Lipinski definition) is 5. The fraction of sp³-hybridized carbons (Fsp3) is 0.0909. The van der Waals surface area contributed by atoms with Crippen LogP contribution < -0.4 is 4.74 Å². The third-order valence-electron chi connectivity index (χ3n) is 4.46. The van der Waals surface area contributed by atoms with Gasteiger partial charge in [0.1, 0.15) is 6.33 Å². The molecular formula is C22H17N3O2. The highest BCUT2D eigenvalue weighted by Crippen LogP contribution is 2.30. The molecule has 132 valence electrons. The molecule has 0 unspecified atom stereocenters. The molecule has 27 heavy (non-hydrogen) atoms. The normalized spacial score (nSPS) is 10.7. The van der Waals surface area contributed by atoms with Crippen molar-refractivity contribution in [1.29, 1.82) is 0 Å². The molecule has 0 saturated carbocycles. The van der Waals surface area contributed by atoms with Gasteiger partial charge in [0.2, 0.25) is 5.88 Å². The second-order valence-electron chi connectivity index (χ2n) is 6.18. The lowest BCUT2D eigenvalue weighted by Gasteiger charge is -2.09. The van der Waals surface area contributed by atoms with E-state index in [1.807, 2.05) is 48.5 Å². The number of carbonyl (C=O) groups is 1. The van der Waals surface area contributed by atoms with E-state index in [2.05, 4.69) is 21.0 Å². The van der Waals surface area contributed by atoms with E-state index in [1.165, 1.54) is 0 Å². The Balaban J connectivity index is 1.86. The summed E-state index contributed by atoms with van der Waals surface area (Å²) >= 11 is 0. The molecule has 2 aromatic heterocycles. The molecule has 0 amide bonds. The van der Waals surface area contributed by atoms with Gasteiger partial charge in [-0.25, -0.2) is 15.0 Å². The van der Waals surface area contributed by atoms with Crippen LogP contribution in [0.15, 0.2) is 67.1 Å². The molecule has 4 rings (SSSR count). The zero-order valence-electron chi connectivity index (χ0n) is 15.0. The van der Waals surface area contributed by atoms with Gasteiger partial charge < -0.3 is 4.74 Å². The smallest absolute Gasteiger partial charge is 0.212 e. The zero-order chi connectivity index (χ0) is 18.8. The maximum absolute atomic E-state index is 11.7. The molecule has 5 heteroatoms. The third-order valence-corrected chi connectivity index (χ3v) is 4.46. The molecule has 0 spiro atoms. The molecule has 0 aliphatic rings. The molecule has 0 radical (unpaired) electrons. The lowest BCUT2D eigenvalue weighted by molar-refractivity contribution is 0.101. The van der Waals surface area contributed by atoms with Gasteiger partial charge in [-0.2, -0.15) is 0 Å². The van der Waals surface area contributed by atoms with Crippen molar-refractivity contribution in [2.24, 2.45) is 0 Å². The first-order valence-corrected chi connectivity index (χ1v) is 8.52. The highest BCUT2D eigenvalue weighted by Gasteiger charge is 2.10. The van der Waals surface area contributed by atoms with Crippen molar-refractivity contribution >= 4 is 16.7 Å². The lowest BCUT2D eigenvalue weighted by Crippen LogP contribution is -1.94. The Morgan fingerprint density at radius 2 is 1.74 bits per heavy atom. The Bertz CT molecular complexity index is 1140. The Morgan fingerprint density at radius 3 is 2.48 bits per heavy atom. The summed E-state index contributed by atoms with van der Waals surface area (Å²) in [5.41, 5.74) is 5.18. The van der Waals surface area contributed by atoms with E-state index in [1.54, 1.807) is 26.6 Å². The van der Waals surface area contributed by atoms with E-state index >= 15 is 0 Å². The predicted molar refractivity (Wildman–Crippen MR) is 105 cm³/mol. The van der Waals surface area contributed by atoms with Crippen LogP contribution in [0.25, 0.3) is 33.3 Å². The fourth-order valence-electron chi connectivity index (χ4n) is 3.02. The van der Waals surface area contributed by atoms with E-state index in [4.69, 9.17) is 4.74 Å². The molecule has 0 fully saturated rings. The minimum absolute atomic E-state index is 0.0280. The third kappa shape index (κ3) is 3.27. The van der Waals surface area contributed by atoms with Gasteiger partial charge in [0.05, 0.1) is 18.3 Å². The van der Waals surface area contributed by atoms with Crippen LogP contribution in [-0.2, 0) is 0 Å². The summed E-state index contributed by atoms with van der Waals surface area (Å²) < 4.78 is 5.12. The number of ether oxygens (including phenoxy) is 1. The van der Waals surface area contributed by atoms with E-state index in [0.29, 0.717) is 11.4 Å². The molecule has 0 N–H and O–H groups in total.